The third-order valence-corrected chi connectivity index (χ3v) is 2.31. The molecular formula is C7H14N2O. The molecule has 1 atom stereocenters. The lowest BCUT2D eigenvalue weighted by Gasteiger charge is -2.18. The van der Waals surface area contributed by atoms with E-state index in [1.165, 1.54) is 0 Å². The minimum atomic E-state index is -0.269. The molecule has 2 N–H and O–H groups in total. The van der Waals surface area contributed by atoms with Crippen LogP contribution in [0.25, 0.3) is 0 Å². The molecule has 1 saturated heterocycles. The van der Waals surface area contributed by atoms with Crippen molar-refractivity contribution in [3.05, 3.63) is 0 Å². The maximum atomic E-state index is 11.3. The smallest absolute Gasteiger partial charge is 0.229 e. The lowest BCUT2D eigenvalue weighted by Crippen LogP contribution is -2.35. The molecule has 1 aliphatic heterocycles. The van der Waals surface area contributed by atoms with Crippen molar-refractivity contribution in [2.45, 2.75) is 13.3 Å². The van der Waals surface area contributed by atoms with Crippen molar-refractivity contribution in [3.63, 3.8) is 0 Å². The first-order valence-electron chi connectivity index (χ1n) is 3.56. The first-order chi connectivity index (χ1) is 4.60. The van der Waals surface area contributed by atoms with Gasteiger partial charge in [0, 0.05) is 20.1 Å². The molecule has 0 aromatic carbocycles. The summed E-state index contributed by atoms with van der Waals surface area (Å²) in [5, 5.41) is 0. The summed E-state index contributed by atoms with van der Waals surface area (Å²) in [7, 11) is 1.82. The SMILES string of the molecule is CN1CC[C@@](C)(CN)C1=O. The van der Waals surface area contributed by atoms with E-state index in [9.17, 15) is 4.79 Å². The summed E-state index contributed by atoms with van der Waals surface area (Å²) in [5.41, 5.74) is 5.20. The fourth-order valence-electron chi connectivity index (χ4n) is 1.27. The van der Waals surface area contributed by atoms with E-state index in [-0.39, 0.29) is 11.3 Å². The van der Waals surface area contributed by atoms with Crippen LogP contribution in [0.5, 0.6) is 0 Å². The standard InChI is InChI=1S/C7H14N2O/c1-7(5-8)3-4-9(2)6(7)10/h3-5,8H2,1-2H3/t7-/m0/s1. The zero-order chi connectivity index (χ0) is 7.78. The Labute approximate surface area is 61.2 Å². The highest BCUT2D eigenvalue weighted by Crippen LogP contribution is 2.28. The number of likely N-dealkylation sites (tertiary alicyclic amines) is 1. The van der Waals surface area contributed by atoms with Crippen LogP contribution in [0, 0.1) is 5.41 Å². The molecule has 3 heteroatoms. The van der Waals surface area contributed by atoms with Gasteiger partial charge in [-0.1, -0.05) is 0 Å². The van der Waals surface area contributed by atoms with Gasteiger partial charge in [0.25, 0.3) is 0 Å². The van der Waals surface area contributed by atoms with E-state index in [0.29, 0.717) is 6.54 Å². The predicted molar refractivity (Wildman–Crippen MR) is 39.4 cm³/mol. The molecule has 0 spiro atoms. The third kappa shape index (κ3) is 0.904. The molecule has 1 fully saturated rings. The first kappa shape index (κ1) is 7.54. The lowest BCUT2D eigenvalue weighted by atomic mass is 9.89. The first-order valence-corrected chi connectivity index (χ1v) is 3.56. The van der Waals surface area contributed by atoms with E-state index in [1.807, 2.05) is 14.0 Å². The maximum absolute atomic E-state index is 11.3. The molecule has 0 radical (unpaired) electrons. The van der Waals surface area contributed by atoms with Gasteiger partial charge in [-0.15, -0.1) is 0 Å². The van der Waals surface area contributed by atoms with Crippen LogP contribution in [-0.2, 0) is 4.79 Å². The van der Waals surface area contributed by atoms with Crippen LogP contribution in [0.15, 0.2) is 0 Å². The Hall–Kier alpha value is -0.570. The molecular weight excluding hydrogens is 128 g/mol. The number of hydrogen-bond donors (Lipinski definition) is 1. The largest absolute Gasteiger partial charge is 0.345 e. The van der Waals surface area contributed by atoms with Gasteiger partial charge in [-0.05, 0) is 13.3 Å². The van der Waals surface area contributed by atoms with Crippen LogP contribution >= 0.6 is 0 Å². The van der Waals surface area contributed by atoms with Gasteiger partial charge in [0.15, 0.2) is 0 Å². The quantitative estimate of drug-likeness (QED) is 0.551. The molecule has 1 heterocycles. The Bertz CT molecular complexity index is 158. The van der Waals surface area contributed by atoms with Gasteiger partial charge >= 0.3 is 0 Å². The molecule has 10 heavy (non-hydrogen) atoms. The molecule has 0 unspecified atom stereocenters. The zero-order valence-corrected chi connectivity index (χ0v) is 6.55. The molecule has 1 amide bonds. The number of carbonyl (C=O) groups excluding carboxylic acids is 1. The van der Waals surface area contributed by atoms with E-state index < -0.39 is 0 Å². The van der Waals surface area contributed by atoms with E-state index in [0.717, 1.165) is 13.0 Å². The molecule has 0 aromatic rings. The summed E-state index contributed by atoms with van der Waals surface area (Å²) >= 11 is 0. The summed E-state index contributed by atoms with van der Waals surface area (Å²) in [5.74, 6) is 0.190. The fourth-order valence-corrected chi connectivity index (χ4v) is 1.27. The third-order valence-electron chi connectivity index (χ3n) is 2.31. The van der Waals surface area contributed by atoms with Crippen LogP contribution in [-0.4, -0.2) is 30.9 Å². The summed E-state index contributed by atoms with van der Waals surface area (Å²) < 4.78 is 0. The van der Waals surface area contributed by atoms with Crippen LogP contribution in [0.4, 0.5) is 0 Å². The van der Waals surface area contributed by atoms with Gasteiger partial charge in [-0.3, -0.25) is 4.79 Å². The van der Waals surface area contributed by atoms with Crippen molar-refractivity contribution in [1.29, 1.82) is 0 Å². The van der Waals surface area contributed by atoms with Crippen molar-refractivity contribution < 1.29 is 4.79 Å². The Morgan fingerprint density at radius 3 is 2.60 bits per heavy atom. The van der Waals surface area contributed by atoms with Crippen molar-refractivity contribution in [2.24, 2.45) is 11.1 Å². The minimum Gasteiger partial charge on any atom is -0.345 e. The van der Waals surface area contributed by atoms with E-state index in [4.69, 9.17) is 5.73 Å². The van der Waals surface area contributed by atoms with Crippen LogP contribution in [0.1, 0.15) is 13.3 Å². The number of hydrogen-bond acceptors (Lipinski definition) is 2. The van der Waals surface area contributed by atoms with Crippen molar-refractivity contribution in [1.82, 2.24) is 4.90 Å². The van der Waals surface area contributed by atoms with E-state index in [1.54, 1.807) is 4.90 Å². The summed E-state index contributed by atoms with van der Waals surface area (Å²) in [6.07, 6.45) is 0.902. The normalized spacial score (nSPS) is 33.5. The molecule has 0 aromatic heterocycles. The van der Waals surface area contributed by atoms with Gasteiger partial charge < -0.3 is 10.6 Å². The fraction of sp³-hybridized carbons (Fsp3) is 0.857. The molecule has 58 valence electrons. The second kappa shape index (κ2) is 2.23. The Morgan fingerprint density at radius 1 is 1.80 bits per heavy atom. The number of amides is 1. The number of nitrogens with zero attached hydrogens (tertiary/aromatic N) is 1. The highest BCUT2D eigenvalue weighted by atomic mass is 16.2. The monoisotopic (exact) mass is 142 g/mol. The summed E-state index contributed by atoms with van der Waals surface area (Å²) in [4.78, 5) is 13.0. The van der Waals surface area contributed by atoms with Gasteiger partial charge in [0.05, 0.1) is 5.41 Å². The van der Waals surface area contributed by atoms with Crippen molar-refractivity contribution >= 4 is 5.91 Å². The van der Waals surface area contributed by atoms with E-state index >= 15 is 0 Å². The molecule has 1 aliphatic rings. The average molecular weight is 142 g/mol. The van der Waals surface area contributed by atoms with Gasteiger partial charge in [-0.25, -0.2) is 0 Å². The van der Waals surface area contributed by atoms with Crippen LogP contribution < -0.4 is 5.73 Å². The zero-order valence-electron chi connectivity index (χ0n) is 6.55. The Morgan fingerprint density at radius 2 is 2.40 bits per heavy atom. The Kier molecular flexibility index (Phi) is 1.68. The molecule has 0 bridgehead atoms. The highest BCUT2D eigenvalue weighted by Gasteiger charge is 2.39. The second-order valence-corrected chi connectivity index (χ2v) is 3.24. The lowest BCUT2D eigenvalue weighted by molar-refractivity contribution is -0.133. The molecule has 0 aliphatic carbocycles. The van der Waals surface area contributed by atoms with Gasteiger partial charge in [-0.2, -0.15) is 0 Å². The highest BCUT2D eigenvalue weighted by molar-refractivity contribution is 5.84. The van der Waals surface area contributed by atoms with Crippen molar-refractivity contribution in [2.75, 3.05) is 20.1 Å². The van der Waals surface area contributed by atoms with Crippen molar-refractivity contribution in [3.8, 4) is 0 Å². The summed E-state index contributed by atoms with van der Waals surface area (Å²) in [6, 6.07) is 0. The maximum Gasteiger partial charge on any atom is 0.229 e. The van der Waals surface area contributed by atoms with Crippen LogP contribution in [0.2, 0.25) is 0 Å². The number of nitrogens with two attached hydrogens (primary N) is 1. The second-order valence-electron chi connectivity index (χ2n) is 3.24. The topological polar surface area (TPSA) is 46.3 Å². The Balaban J connectivity index is 2.73. The average Bonchev–Trinajstić information content (AvgIpc) is 2.19. The molecule has 3 nitrogen and oxygen atoms in total. The van der Waals surface area contributed by atoms with E-state index in [2.05, 4.69) is 0 Å². The van der Waals surface area contributed by atoms with Crippen LogP contribution in [0.3, 0.4) is 0 Å². The summed E-state index contributed by atoms with van der Waals surface area (Å²) in [6.45, 7) is 3.25. The molecule has 0 saturated carbocycles. The van der Waals surface area contributed by atoms with Gasteiger partial charge in [0.1, 0.15) is 0 Å². The number of carbonyl (C=O) groups is 1. The predicted octanol–water partition coefficient (Wildman–Crippen LogP) is -0.186. The minimum absolute atomic E-state index is 0.190. The molecule has 1 rings (SSSR count). The van der Waals surface area contributed by atoms with Gasteiger partial charge in [0.2, 0.25) is 5.91 Å². The number of rotatable bonds is 1.